The summed E-state index contributed by atoms with van der Waals surface area (Å²) in [5.74, 6) is -3.16. The third kappa shape index (κ3) is 2.97. The predicted molar refractivity (Wildman–Crippen MR) is 146 cm³/mol. The van der Waals surface area contributed by atoms with Crippen molar-refractivity contribution < 1.29 is 33.5 Å². The first kappa shape index (κ1) is 23.9. The van der Waals surface area contributed by atoms with E-state index in [4.69, 9.17) is 4.74 Å². The summed E-state index contributed by atoms with van der Waals surface area (Å²) in [7, 11) is 0. The molecule has 9 nitrogen and oxygen atoms in total. The van der Waals surface area contributed by atoms with E-state index in [1.165, 1.54) is 6.92 Å². The van der Waals surface area contributed by atoms with Crippen LogP contribution in [0.1, 0.15) is 55.3 Å². The number of carbonyl (C=O) groups excluding carboxylic acids is 6. The van der Waals surface area contributed by atoms with Gasteiger partial charge in [-0.2, -0.15) is 0 Å². The molecule has 0 radical (unpaired) electrons. The van der Waals surface area contributed by atoms with Crippen molar-refractivity contribution in [3.05, 3.63) is 70.8 Å². The third-order valence-corrected chi connectivity index (χ3v) is 7.78. The van der Waals surface area contributed by atoms with Crippen molar-refractivity contribution in [3.63, 3.8) is 0 Å². The van der Waals surface area contributed by atoms with Crippen LogP contribution in [0, 0.1) is 0 Å². The van der Waals surface area contributed by atoms with Crippen molar-refractivity contribution in [2.45, 2.75) is 13.8 Å². The molecule has 7 rings (SSSR count). The molecule has 196 valence electrons. The van der Waals surface area contributed by atoms with E-state index < -0.39 is 36.1 Å². The Hall–Kier alpha value is -5.18. The fourth-order valence-corrected chi connectivity index (χ4v) is 6.21. The van der Waals surface area contributed by atoms with Crippen LogP contribution in [0.4, 0.5) is 0 Å². The summed E-state index contributed by atoms with van der Waals surface area (Å²) >= 11 is 0. The maximum Gasteiger partial charge on any atom is 0.326 e. The average molecular weight is 533 g/mol. The molecule has 2 heterocycles. The van der Waals surface area contributed by atoms with Gasteiger partial charge in [-0.1, -0.05) is 24.3 Å². The molecule has 5 aromatic rings. The van der Waals surface area contributed by atoms with Gasteiger partial charge in [-0.3, -0.25) is 38.6 Å². The Balaban J connectivity index is 1.52. The van der Waals surface area contributed by atoms with Gasteiger partial charge in [-0.15, -0.1) is 0 Å². The van der Waals surface area contributed by atoms with Gasteiger partial charge >= 0.3 is 5.97 Å². The van der Waals surface area contributed by atoms with Gasteiger partial charge in [0.25, 0.3) is 23.6 Å². The van der Waals surface area contributed by atoms with E-state index in [1.54, 1.807) is 55.5 Å². The lowest BCUT2D eigenvalue weighted by atomic mass is 9.82. The zero-order valence-electron chi connectivity index (χ0n) is 21.5. The number of imide groups is 2. The number of ether oxygens (including phenoxy) is 1. The summed E-state index contributed by atoms with van der Waals surface area (Å²) in [5, 5.41) is 5.53. The molecule has 0 N–H and O–H groups in total. The molecule has 0 atom stereocenters. The lowest BCUT2D eigenvalue weighted by Crippen LogP contribution is -2.43. The molecule has 0 fully saturated rings. The van der Waals surface area contributed by atoms with E-state index in [9.17, 15) is 28.8 Å². The van der Waals surface area contributed by atoms with Crippen LogP contribution in [-0.4, -0.2) is 64.9 Å². The topological polar surface area (TPSA) is 118 Å². The molecule has 0 saturated heterocycles. The Labute approximate surface area is 226 Å². The fourth-order valence-electron chi connectivity index (χ4n) is 6.21. The molecule has 0 spiro atoms. The van der Waals surface area contributed by atoms with Crippen LogP contribution in [-0.2, 0) is 14.3 Å². The zero-order chi connectivity index (χ0) is 28.0. The Kier molecular flexibility index (Phi) is 4.88. The van der Waals surface area contributed by atoms with E-state index in [-0.39, 0.29) is 18.9 Å². The highest BCUT2D eigenvalue weighted by molar-refractivity contribution is 6.41. The highest BCUT2D eigenvalue weighted by Crippen LogP contribution is 2.46. The number of carbonyl (C=O) groups is 6. The van der Waals surface area contributed by atoms with Crippen LogP contribution in [0.15, 0.2) is 48.5 Å². The van der Waals surface area contributed by atoms with Gasteiger partial charge in [0.1, 0.15) is 12.3 Å². The van der Waals surface area contributed by atoms with Gasteiger partial charge in [0.15, 0.2) is 0 Å². The molecule has 2 aliphatic rings. The normalized spacial score (nSPS) is 14.8. The molecule has 4 amide bonds. The van der Waals surface area contributed by atoms with Crippen molar-refractivity contribution in [1.29, 1.82) is 0 Å². The van der Waals surface area contributed by atoms with Crippen LogP contribution in [0.3, 0.4) is 0 Å². The van der Waals surface area contributed by atoms with Gasteiger partial charge in [-0.05, 0) is 70.4 Å². The first-order valence-electron chi connectivity index (χ1n) is 12.8. The van der Waals surface area contributed by atoms with E-state index in [1.807, 2.05) is 0 Å². The first-order valence-corrected chi connectivity index (χ1v) is 12.8. The Bertz CT molecular complexity index is 1940. The molecule has 0 saturated carbocycles. The summed E-state index contributed by atoms with van der Waals surface area (Å²) < 4.78 is 4.96. The van der Waals surface area contributed by atoms with Gasteiger partial charge in [0.2, 0.25) is 0 Å². The summed E-state index contributed by atoms with van der Waals surface area (Å²) in [6.45, 7) is 2.33. The Morgan fingerprint density at radius 2 is 0.925 bits per heavy atom. The highest BCUT2D eigenvalue weighted by Gasteiger charge is 2.37. The van der Waals surface area contributed by atoms with Crippen LogP contribution in [0.25, 0.3) is 43.1 Å². The fraction of sp³-hybridized carbons (Fsp3) is 0.161. The highest BCUT2D eigenvalue weighted by atomic mass is 16.5. The molecule has 5 aromatic carbocycles. The van der Waals surface area contributed by atoms with Crippen LogP contribution in [0.5, 0.6) is 0 Å². The summed E-state index contributed by atoms with van der Waals surface area (Å²) in [6, 6.07) is 13.8. The standard InChI is InChI=1S/C31H20N2O7/c1-3-40-23(35)13-33-30(38)21-10-6-17-15-4-8-19-26-20(29(37)32(28(19)36)12-14(2)34)9-5-16(24(15)26)18-7-11-22(31(33)39)27(21)25(17)18/h4-11H,3,12-13H2,1-2H3. The van der Waals surface area contributed by atoms with E-state index >= 15 is 0 Å². The number of ketones is 1. The molecule has 0 unspecified atom stereocenters. The molecular formula is C31H20N2O7. The van der Waals surface area contributed by atoms with Gasteiger partial charge in [0, 0.05) is 33.0 Å². The van der Waals surface area contributed by atoms with E-state index in [0.717, 1.165) is 42.1 Å². The lowest BCUT2D eigenvalue weighted by Gasteiger charge is -2.29. The summed E-state index contributed by atoms with van der Waals surface area (Å²) in [6.07, 6.45) is 0. The van der Waals surface area contributed by atoms with Gasteiger partial charge < -0.3 is 4.74 Å². The minimum atomic E-state index is -0.669. The second kappa shape index (κ2) is 8.16. The number of hydrogen-bond donors (Lipinski definition) is 0. The largest absolute Gasteiger partial charge is 0.465 e. The number of hydrogen-bond acceptors (Lipinski definition) is 7. The third-order valence-electron chi connectivity index (χ3n) is 7.78. The van der Waals surface area contributed by atoms with Gasteiger partial charge in [0.05, 0.1) is 13.2 Å². The summed E-state index contributed by atoms with van der Waals surface area (Å²) in [4.78, 5) is 79.3. The number of rotatable bonds is 5. The minimum Gasteiger partial charge on any atom is -0.465 e. The van der Waals surface area contributed by atoms with Crippen LogP contribution < -0.4 is 0 Å². The van der Waals surface area contributed by atoms with Crippen molar-refractivity contribution in [2.24, 2.45) is 0 Å². The summed E-state index contributed by atoms with van der Waals surface area (Å²) in [5.41, 5.74) is 1.29. The van der Waals surface area contributed by atoms with E-state index in [0.29, 0.717) is 33.0 Å². The maximum absolute atomic E-state index is 13.4. The predicted octanol–water partition coefficient (Wildman–Crippen LogP) is 4.08. The molecule has 2 aliphatic heterocycles. The number of fused-ring (bicyclic) bond motifs is 2. The number of benzene rings is 5. The first-order chi connectivity index (χ1) is 19.2. The molecular weight excluding hydrogens is 512 g/mol. The average Bonchev–Trinajstić information content (AvgIpc) is 2.94. The smallest absolute Gasteiger partial charge is 0.326 e. The van der Waals surface area contributed by atoms with Crippen LogP contribution >= 0.6 is 0 Å². The number of nitrogens with zero attached hydrogens (tertiary/aromatic N) is 2. The Morgan fingerprint density at radius 3 is 1.25 bits per heavy atom. The minimum absolute atomic E-state index is 0.133. The van der Waals surface area contributed by atoms with E-state index in [2.05, 4.69) is 0 Å². The SMILES string of the molecule is CCOC(=O)CN1C(=O)c2ccc3c4ccc5c6c(ccc(c7ccc(c2c37)C1=O)c64)C(=O)N(CC(C)=O)C5=O. The second-order valence-electron chi connectivity index (χ2n) is 10.0. The second-order valence-corrected chi connectivity index (χ2v) is 10.0. The maximum atomic E-state index is 13.4. The van der Waals surface area contributed by atoms with Crippen molar-refractivity contribution >= 4 is 78.5 Å². The number of amides is 4. The Morgan fingerprint density at radius 1 is 0.575 bits per heavy atom. The quantitative estimate of drug-likeness (QED) is 0.145. The molecule has 0 aliphatic carbocycles. The molecule has 9 heteroatoms. The molecule has 40 heavy (non-hydrogen) atoms. The zero-order valence-corrected chi connectivity index (χ0v) is 21.5. The van der Waals surface area contributed by atoms with Crippen molar-refractivity contribution in [2.75, 3.05) is 19.7 Å². The van der Waals surface area contributed by atoms with Crippen LogP contribution in [0.2, 0.25) is 0 Å². The van der Waals surface area contributed by atoms with Crippen molar-refractivity contribution in [3.8, 4) is 0 Å². The monoisotopic (exact) mass is 532 g/mol. The van der Waals surface area contributed by atoms with Crippen molar-refractivity contribution in [1.82, 2.24) is 9.80 Å². The van der Waals surface area contributed by atoms with Gasteiger partial charge in [-0.25, -0.2) is 0 Å². The lowest BCUT2D eigenvalue weighted by molar-refractivity contribution is -0.143. The number of esters is 1. The number of Topliss-reactive ketones (excluding diaryl/α,β-unsaturated/α-hetero) is 1. The molecule has 0 bridgehead atoms. The molecule has 0 aromatic heterocycles.